The molecule has 2 amide bonds. The maximum atomic E-state index is 14.3. The number of aromatic nitrogens is 1. The highest BCUT2D eigenvalue weighted by Gasteiger charge is 2.41. The minimum Gasteiger partial charge on any atom is -0.307 e. The predicted octanol–water partition coefficient (Wildman–Crippen LogP) is 13.0. The minimum absolute atomic E-state index is 0.0737. The maximum Gasteiger partial charge on any atom is 0.416 e. The molecule has 0 N–H and O–H groups in total. The van der Waals surface area contributed by atoms with Crippen LogP contribution in [0.3, 0.4) is 0 Å². The number of rotatable bonds is 4. The van der Waals surface area contributed by atoms with Gasteiger partial charge in [0.25, 0.3) is 11.8 Å². The summed E-state index contributed by atoms with van der Waals surface area (Å²) in [4.78, 5) is 29.0. The number of fused-ring (bicyclic) bond motifs is 4. The van der Waals surface area contributed by atoms with Gasteiger partial charge in [0, 0.05) is 21.9 Å². The lowest BCUT2D eigenvalue weighted by atomic mass is 9.96. The summed E-state index contributed by atoms with van der Waals surface area (Å²) >= 11 is 0. The van der Waals surface area contributed by atoms with Gasteiger partial charge in [-0.1, -0.05) is 60.7 Å². The molecule has 0 unspecified atom stereocenters. The van der Waals surface area contributed by atoms with Crippen molar-refractivity contribution >= 4 is 39.3 Å². The topological polar surface area (TPSA) is 42.3 Å². The number of hydrogen-bond donors (Lipinski definition) is 0. The Hall–Kier alpha value is -6.58. The molecule has 0 radical (unpaired) electrons. The molecule has 0 bridgehead atoms. The largest absolute Gasteiger partial charge is 0.416 e. The van der Waals surface area contributed by atoms with E-state index in [4.69, 9.17) is 0 Å². The van der Waals surface area contributed by atoms with E-state index in [-0.39, 0.29) is 67.6 Å². The molecule has 1 aliphatic heterocycles. The van der Waals surface area contributed by atoms with Crippen molar-refractivity contribution in [1.29, 1.82) is 0 Å². The second-order valence-corrected chi connectivity index (χ2v) is 13.3. The summed E-state index contributed by atoms with van der Waals surface area (Å²) < 4.78 is 171. The molecule has 0 aliphatic carbocycles. The van der Waals surface area contributed by atoms with Crippen LogP contribution in [0, 0.1) is 0 Å². The van der Waals surface area contributed by atoms with E-state index in [2.05, 4.69) is 0 Å². The summed E-state index contributed by atoms with van der Waals surface area (Å²) in [6.45, 7) is 0. The summed E-state index contributed by atoms with van der Waals surface area (Å²) in [5.74, 6) is -1.72. The second-order valence-electron chi connectivity index (χ2n) is 13.3. The first-order valence-corrected chi connectivity index (χ1v) is 16.9. The highest BCUT2D eigenvalue weighted by molar-refractivity contribution is 6.36. The lowest BCUT2D eigenvalue weighted by Gasteiger charge is -2.19. The van der Waals surface area contributed by atoms with Gasteiger partial charge >= 0.3 is 24.7 Å². The molecule has 0 saturated heterocycles. The third-order valence-corrected chi connectivity index (χ3v) is 9.75. The second kappa shape index (κ2) is 13.0. The standard InChI is InChI=1S/C42H20F12N2O2/c43-39(44,45)23-15-21(16-24(19-23)40(46,47)48)28-9-4-11-30-31-12-5-10-29(22-17-25(41(49,50)51)20-26(18-22)42(52,53)54)36(31)56(35(28)30)33-14-6-13-32-34(33)38(58)55(37(32)57)27-7-2-1-3-8-27/h1-20H. The first kappa shape index (κ1) is 38.3. The van der Waals surface area contributed by atoms with E-state index in [0.29, 0.717) is 24.3 Å². The summed E-state index contributed by atoms with van der Waals surface area (Å²) in [6, 6.07) is 21.0. The van der Waals surface area contributed by atoms with Gasteiger partial charge in [-0.2, -0.15) is 52.7 Å². The Bertz CT molecular complexity index is 2630. The first-order chi connectivity index (χ1) is 27.1. The predicted molar refractivity (Wildman–Crippen MR) is 189 cm³/mol. The zero-order chi connectivity index (χ0) is 41.7. The lowest BCUT2D eigenvalue weighted by Crippen LogP contribution is -2.29. The normalized spacial score (nSPS) is 13.9. The molecule has 8 rings (SSSR count). The van der Waals surface area contributed by atoms with Gasteiger partial charge in [-0.05, 0) is 71.8 Å². The van der Waals surface area contributed by atoms with Crippen molar-refractivity contribution in [3.05, 3.63) is 155 Å². The molecule has 16 heteroatoms. The van der Waals surface area contributed by atoms with E-state index in [9.17, 15) is 62.3 Å². The van der Waals surface area contributed by atoms with Crippen LogP contribution in [0.2, 0.25) is 0 Å². The zero-order valence-electron chi connectivity index (χ0n) is 28.8. The van der Waals surface area contributed by atoms with Crippen LogP contribution in [0.25, 0.3) is 49.7 Å². The van der Waals surface area contributed by atoms with Crippen molar-refractivity contribution in [3.8, 4) is 27.9 Å². The molecule has 2 heterocycles. The molecule has 0 fully saturated rings. The number of para-hydroxylation sites is 3. The fourth-order valence-corrected chi connectivity index (χ4v) is 7.31. The Labute approximate surface area is 318 Å². The van der Waals surface area contributed by atoms with Gasteiger partial charge in [0.05, 0.1) is 55.8 Å². The van der Waals surface area contributed by atoms with Crippen LogP contribution in [0.4, 0.5) is 58.4 Å². The SMILES string of the molecule is O=C1c2cccc(-n3c4c(-c5cc(C(F)(F)F)cc(C(F)(F)F)c5)cccc4c4cccc(-c5cc(C(F)(F)F)cc(C(F)(F)F)c5)c43)c2C(=O)N1c1ccccc1. The molecule has 1 aliphatic rings. The molecule has 6 aromatic carbocycles. The van der Waals surface area contributed by atoms with E-state index in [1.54, 1.807) is 18.2 Å². The summed E-state index contributed by atoms with van der Waals surface area (Å²) in [5.41, 5.74) is -9.36. The summed E-state index contributed by atoms with van der Waals surface area (Å²) in [6.07, 6.45) is -21.1. The number of anilines is 1. The number of halogens is 12. The highest BCUT2D eigenvalue weighted by Crippen LogP contribution is 2.47. The number of carbonyl (C=O) groups is 2. The minimum atomic E-state index is -5.27. The van der Waals surface area contributed by atoms with Crippen LogP contribution in [0.5, 0.6) is 0 Å². The van der Waals surface area contributed by atoms with Crippen LogP contribution < -0.4 is 4.90 Å². The molecule has 0 atom stereocenters. The van der Waals surface area contributed by atoms with Crippen molar-refractivity contribution in [2.75, 3.05) is 4.90 Å². The van der Waals surface area contributed by atoms with E-state index >= 15 is 0 Å². The Kier molecular flexibility index (Phi) is 8.57. The first-order valence-electron chi connectivity index (χ1n) is 16.9. The van der Waals surface area contributed by atoms with Gasteiger partial charge in [-0.15, -0.1) is 0 Å². The number of carbonyl (C=O) groups excluding carboxylic acids is 2. The van der Waals surface area contributed by atoms with Gasteiger partial charge < -0.3 is 4.57 Å². The number of benzene rings is 6. The quantitative estimate of drug-likeness (QED) is 0.131. The fraction of sp³-hybridized carbons (Fsp3) is 0.0952. The molecule has 0 spiro atoms. The molecule has 58 heavy (non-hydrogen) atoms. The van der Waals surface area contributed by atoms with E-state index < -0.39 is 69.9 Å². The zero-order valence-corrected chi connectivity index (χ0v) is 28.8. The Morgan fingerprint density at radius 3 is 1.21 bits per heavy atom. The summed E-state index contributed by atoms with van der Waals surface area (Å²) in [7, 11) is 0. The van der Waals surface area contributed by atoms with Crippen molar-refractivity contribution in [2.45, 2.75) is 24.7 Å². The van der Waals surface area contributed by atoms with Crippen LogP contribution in [0.15, 0.2) is 121 Å². The van der Waals surface area contributed by atoms with Crippen molar-refractivity contribution in [1.82, 2.24) is 4.57 Å². The Morgan fingerprint density at radius 1 is 0.397 bits per heavy atom. The number of imide groups is 1. The lowest BCUT2D eigenvalue weighted by molar-refractivity contribution is -0.144. The average Bonchev–Trinajstić information content (AvgIpc) is 3.64. The molecular formula is C42H20F12N2O2. The van der Waals surface area contributed by atoms with Crippen LogP contribution in [0.1, 0.15) is 43.0 Å². The fourth-order valence-electron chi connectivity index (χ4n) is 7.31. The van der Waals surface area contributed by atoms with Crippen molar-refractivity contribution in [2.24, 2.45) is 0 Å². The number of amides is 2. The van der Waals surface area contributed by atoms with Gasteiger partial charge in [0.2, 0.25) is 0 Å². The average molecular weight is 813 g/mol. The van der Waals surface area contributed by atoms with Crippen molar-refractivity contribution < 1.29 is 62.3 Å². The van der Waals surface area contributed by atoms with E-state index in [1.807, 2.05) is 0 Å². The van der Waals surface area contributed by atoms with Crippen LogP contribution >= 0.6 is 0 Å². The number of hydrogen-bond acceptors (Lipinski definition) is 2. The highest BCUT2D eigenvalue weighted by atomic mass is 19.4. The molecule has 1 aromatic heterocycles. The van der Waals surface area contributed by atoms with Crippen LogP contribution in [-0.4, -0.2) is 16.4 Å². The van der Waals surface area contributed by atoms with Gasteiger partial charge in [-0.3, -0.25) is 9.59 Å². The molecule has 7 aromatic rings. The molecule has 4 nitrogen and oxygen atoms in total. The van der Waals surface area contributed by atoms with E-state index in [0.717, 1.165) is 4.90 Å². The molecule has 294 valence electrons. The Balaban J connectivity index is 1.54. The maximum absolute atomic E-state index is 14.3. The van der Waals surface area contributed by atoms with Crippen LogP contribution in [-0.2, 0) is 24.7 Å². The third-order valence-electron chi connectivity index (χ3n) is 9.75. The van der Waals surface area contributed by atoms with Gasteiger partial charge in [-0.25, -0.2) is 4.90 Å². The number of nitrogens with zero attached hydrogens (tertiary/aromatic N) is 2. The van der Waals surface area contributed by atoms with Crippen molar-refractivity contribution in [3.63, 3.8) is 0 Å². The number of alkyl halides is 12. The van der Waals surface area contributed by atoms with Gasteiger partial charge in [0.1, 0.15) is 0 Å². The Morgan fingerprint density at radius 2 is 0.793 bits per heavy atom. The van der Waals surface area contributed by atoms with Gasteiger partial charge in [0.15, 0.2) is 0 Å². The molecule has 0 saturated carbocycles. The monoisotopic (exact) mass is 812 g/mol. The van der Waals surface area contributed by atoms with E-state index in [1.165, 1.54) is 71.3 Å². The smallest absolute Gasteiger partial charge is 0.307 e. The third kappa shape index (κ3) is 6.32. The molecular weight excluding hydrogens is 792 g/mol. The summed E-state index contributed by atoms with van der Waals surface area (Å²) in [5, 5.41) is 0.162.